The van der Waals surface area contributed by atoms with Gasteiger partial charge in [0.1, 0.15) is 0 Å². The normalized spacial score (nSPS) is 21.3. The predicted molar refractivity (Wildman–Crippen MR) is 130 cm³/mol. The Morgan fingerprint density at radius 1 is 1.00 bits per heavy atom. The number of hydrogen-bond acceptors (Lipinski definition) is 4. The molecule has 2 unspecified atom stereocenters. The molecule has 0 bridgehead atoms. The van der Waals surface area contributed by atoms with Gasteiger partial charge in [-0.1, -0.05) is 85.6 Å². The summed E-state index contributed by atoms with van der Waals surface area (Å²) >= 11 is 1.10. The number of hydrogen-bond donors (Lipinski definition) is 2. The van der Waals surface area contributed by atoms with Gasteiger partial charge in [0.2, 0.25) is 5.91 Å². The summed E-state index contributed by atoms with van der Waals surface area (Å²) in [5.41, 5.74) is 3.70. The van der Waals surface area contributed by atoms with E-state index in [-0.39, 0.29) is 40.9 Å². The molecule has 6 heteroatoms. The van der Waals surface area contributed by atoms with Gasteiger partial charge in [0.25, 0.3) is 5.24 Å². The fraction of sp³-hybridized carbons (Fsp3) is 0.440. The van der Waals surface area contributed by atoms with Gasteiger partial charge in [0.15, 0.2) is 0 Å². The Kier molecular flexibility index (Phi) is 8.58. The molecule has 4 rings (SSSR count). The molecule has 31 heavy (non-hydrogen) atoms. The lowest BCUT2D eigenvalue weighted by Gasteiger charge is -2.34. The number of nitrogens with one attached hydrogen (secondary N) is 2. The number of amides is 2. The molecule has 1 heterocycles. The maximum atomic E-state index is 12.0. The van der Waals surface area contributed by atoms with E-state index in [1.54, 1.807) is 0 Å². The monoisotopic (exact) mass is 458 g/mol. The van der Waals surface area contributed by atoms with Gasteiger partial charge >= 0.3 is 0 Å². The van der Waals surface area contributed by atoms with Crippen molar-refractivity contribution in [3.8, 4) is 0 Å². The summed E-state index contributed by atoms with van der Waals surface area (Å²) in [7, 11) is 0. The summed E-state index contributed by atoms with van der Waals surface area (Å²) < 4.78 is 0. The Morgan fingerprint density at radius 3 is 2.39 bits per heavy atom. The molecular formula is C25H31ClN2O2S. The van der Waals surface area contributed by atoms with Gasteiger partial charge < -0.3 is 5.32 Å². The molecule has 3 atom stereocenters. The SMILES string of the molecule is C[C@@H](NC(c1cccc(CC2SC(=O)NC2=O)c1)C1CCCCC1)c1ccccc1.Cl. The number of halogens is 1. The highest BCUT2D eigenvalue weighted by molar-refractivity contribution is 8.15. The first-order valence-electron chi connectivity index (χ1n) is 11.0. The lowest BCUT2D eigenvalue weighted by molar-refractivity contribution is -0.118. The smallest absolute Gasteiger partial charge is 0.286 e. The van der Waals surface area contributed by atoms with Crippen molar-refractivity contribution in [2.75, 3.05) is 0 Å². The van der Waals surface area contributed by atoms with Crippen molar-refractivity contribution in [2.45, 2.75) is 62.8 Å². The zero-order chi connectivity index (χ0) is 20.9. The third-order valence-electron chi connectivity index (χ3n) is 6.35. The molecule has 2 N–H and O–H groups in total. The van der Waals surface area contributed by atoms with Crippen LogP contribution in [-0.2, 0) is 11.2 Å². The highest BCUT2D eigenvalue weighted by atomic mass is 35.5. The largest absolute Gasteiger partial charge is 0.303 e. The fourth-order valence-electron chi connectivity index (χ4n) is 4.73. The van der Waals surface area contributed by atoms with Crippen LogP contribution in [0.2, 0.25) is 0 Å². The highest BCUT2D eigenvalue weighted by Gasteiger charge is 2.32. The Balaban J connectivity index is 0.00000272. The van der Waals surface area contributed by atoms with Crippen molar-refractivity contribution in [3.05, 3.63) is 71.3 Å². The average Bonchev–Trinajstić information content (AvgIpc) is 3.09. The third-order valence-corrected chi connectivity index (χ3v) is 7.33. The summed E-state index contributed by atoms with van der Waals surface area (Å²) in [4.78, 5) is 23.5. The fourth-order valence-corrected chi connectivity index (χ4v) is 5.59. The minimum atomic E-state index is -0.322. The average molecular weight is 459 g/mol. The quantitative estimate of drug-likeness (QED) is 0.536. The summed E-state index contributed by atoms with van der Waals surface area (Å²) in [6.07, 6.45) is 7.01. The van der Waals surface area contributed by atoms with Crippen LogP contribution >= 0.6 is 24.2 Å². The summed E-state index contributed by atoms with van der Waals surface area (Å²) in [5.74, 6) is 0.445. The van der Waals surface area contributed by atoms with Crippen LogP contribution in [-0.4, -0.2) is 16.4 Å². The van der Waals surface area contributed by atoms with Crippen molar-refractivity contribution in [1.29, 1.82) is 0 Å². The molecule has 166 valence electrons. The van der Waals surface area contributed by atoms with Gasteiger partial charge in [-0.15, -0.1) is 12.4 Å². The van der Waals surface area contributed by atoms with Crippen LogP contribution in [0.1, 0.15) is 67.8 Å². The van der Waals surface area contributed by atoms with Crippen molar-refractivity contribution < 1.29 is 9.59 Å². The van der Waals surface area contributed by atoms with Crippen LogP contribution in [0, 0.1) is 5.92 Å². The van der Waals surface area contributed by atoms with E-state index in [0.29, 0.717) is 12.3 Å². The van der Waals surface area contributed by atoms with E-state index in [2.05, 4.69) is 72.2 Å². The molecule has 1 saturated carbocycles. The number of carbonyl (C=O) groups is 2. The Bertz CT molecular complexity index is 886. The molecule has 1 aliphatic carbocycles. The van der Waals surface area contributed by atoms with Crippen LogP contribution in [0.4, 0.5) is 4.79 Å². The van der Waals surface area contributed by atoms with E-state index in [9.17, 15) is 9.59 Å². The van der Waals surface area contributed by atoms with Gasteiger partial charge in [-0.3, -0.25) is 14.9 Å². The topological polar surface area (TPSA) is 58.2 Å². The number of thioether (sulfide) groups is 1. The zero-order valence-electron chi connectivity index (χ0n) is 17.9. The van der Waals surface area contributed by atoms with Crippen LogP contribution < -0.4 is 10.6 Å². The van der Waals surface area contributed by atoms with Crippen molar-refractivity contribution >= 4 is 35.3 Å². The van der Waals surface area contributed by atoms with E-state index in [4.69, 9.17) is 0 Å². The van der Waals surface area contributed by atoms with E-state index in [0.717, 1.165) is 17.3 Å². The second-order valence-electron chi connectivity index (χ2n) is 8.51. The molecule has 1 aliphatic heterocycles. The van der Waals surface area contributed by atoms with Crippen molar-refractivity contribution in [3.63, 3.8) is 0 Å². The second kappa shape index (κ2) is 11.2. The Morgan fingerprint density at radius 2 is 1.71 bits per heavy atom. The lowest BCUT2D eigenvalue weighted by Crippen LogP contribution is -2.32. The molecule has 4 nitrogen and oxygen atoms in total. The minimum absolute atomic E-state index is 0. The van der Waals surface area contributed by atoms with E-state index >= 15 is 0 Å². The van der Waals surface area contributed by atoms with E-state index in [1.165, 1.54) is 43.2 Å². The molecule has 2 aromatic rings. The summed E-state index contributed by atoms with van der Waals surface area (Å²) in [5, 5.41) is 5.75. The first-order valence-corrected chi connectivity index (χ1v) is 11.9. The molecular weight excluding hydrogens is 428 g/mol. The molecule has 2 fully saturated rings. The zero-order valence-corrected chi connectivity index (χ0v) is 19.5. The Hall–Kier alpha value is -1.82. The summed E-state index contributed by atoms with van der Waals surface area (Å²) in [6, 6.07) is 19.7. The van der Waals surface area contributed by atoms with Crippen LogP contribution in [0.15, 0.2) is 54.6 Å². The van der Waals surface area contributed by atoms with Gasteiger partial charge in [-0.05, 0) is 48.8 Å². The maximum absolute atomic E-state index is 12.0. The van der Waals surface area contributed by atoms with E-state index < -0.39 is 0 Å². The van der Waals surface area contributed by atoms with Crippen LogP contribution in [0.5, 0.6) is 0 Å². The molecule has 0 radical (unpaired) electrons. The number of carbonyl (C=O) groups excluding carboxylic acids is 2. The molecule has 2 aromatic carbocycles. The summed E-state index contributed by atoms with van der Waals surface area (Å²) in [6.45, 7) is 2.24. The third kappa shape index (κ3) is 6.12. The van der Waals surface area contributed by atoms with Crippen LogP contribution in [0.25, 0.3) is 0 Å². The van der Waals surface area contributed by atoms with Gasteiger partial charge in [-0.25, -0.2) is 0 Å². The highest BCUT2D eigenvalue weighted by Crippen LogP contribution is 2.36. The van der Waals surface area contributed by atoms with E-state index in [1.807, 2.05) is 0 Å². The molecule has 1 saturated heterocycles. The molecule has 2 amide bonds. The van der Waals surface area contributed by atoms with Gasteiger partial charge in [-0.2, -0.15) is 0 Å². The maximum Gasteiger partial charge on any atom is 0.286 e. The minimum Gasteiger partial charge on any atom is -0.303 e. The second-order valence-corrected chi connectivity index (χ2v) is 9.68. The molecule has 0 aromatic heterocycles. The van der Waals surface area contributed by atoms with Crippen molar-refractivity contribution in [1.82, 2.24) is 10.6 Å². The molecule has 2 aliphatic rings. The van der Waals surface area contributed by atoms with Gasteiger partial charge in [0, 0.05) is 12.1 Å². The van der Waals surface area contributed by atoms with Crippen molar-refractivity contribution in [2.24, 2.45) is 5.92 Å². The first-order chi connectivity index (χ1) is 14.6. The number of rotatable bonds is 7. The molecule has 0 spiro atoms. The Labute approximate surface area is 195 Å². The standard InChI is InChI=1S/C25H30N2O2S.ClH/c1-17(19-10-4-2-5-11-19)26-23(20-12-6-3-7-13-20)21-14-8-9-18(15-21)16-22-24(28)27-25(29)30-22;/h2,4-5,8-11,14-15,17,20,22-23,26H,3,6-7,12-13,16H2,1H3,(H,27,28,29);1H/t17-,22?,23?;/m1./s1. The lowest BCUT2D eigenvalue weighted by atomic mass is 9.80. The van der Waals surface area contributed by atoms with Crippen LogP contribution in [0.3, 0.4) is 0 Å². The number of imide groups is 1. The first kappa shape index (κ1) is 23.8. The predicted octanol–water partition coefficient (Wildman–Crippen LogP) is 5.97. The van der Waals surface area contributed by atoms with Gasteiger partial charge in [0.05, 0.1) is 5.25 Å². The number of benzene rings is 2.